The number of nitrogens with zero attached hydrogens (tertiary/aromatic N) is 1. The number of ether oxygens (including phenoxy) is 1. The van der Waals surface area contributed by atoms with Crippen LogP contribution in [0.4, 0.5) is 0 Å². The zero-order valence-electron chi connectivity index (χ0n) is 11.9. The molecule has 0 saturated heterocycles. The maximum absolute atomic E-state index is 12.2. The molecule has 2 rings (SSSR count). The predicted molar refractivity (Wildman–Crippen MR) is 80.8 cm³/mol. The predicted octanol–water partition coefficient (Wildman–Crippen LogP) is 3.36. The molecule has 1 aliphatic carbocycles. The summed E-state index contributed by atoms with van der Waals surface area (Å²) in [4.78, 5) is 24.3. The van der Waals surface area contributed by atoms with Gasteiger partial charge < -0.3 is 9.30 Å². The van der Waals surface area contributed by atoms with E-state index in [2.05, 4.69) is 15.9 Å². The quantitative estimate of drug-likeness (QED) is 0.792. The molecule has 20 heavy (non-hydrogen) atoms. The number of pyridine rings is 1. The van der Waals surface area contributed by atoms with Crippen molar-refractivity contribution in [3.8, 4) is 0 Å². The van der Waals surface area contributed by atoms with Gasteiger partial charge in [0.1, 0.15) is 12.1 Å². The summed E-state index contributed by atoms with van der Waals surface area (Å²) in [5.41, 5.74) is 0.720. The minimum Gasteiger partial charge on any atom is -0.461 e. The Morgan fingerprint density at radius 1 is 1.40 bits per heavy atom. The summed E-state index contributed by atoms with van der Waals surface area (Å²) in [5, 5.41) is 0. The Bertz CT molecular complexity index is 547. The Morgan fingerprint density at radius 2 is 2.05 bits per heavy atom. The standard InChI is InChI=1S/C15H20BrNO3/c1-10-8-13(16)14(18)17(9-10)11(2)15(19)20-12-6-4-3-5-7-12/h8-9,11-12H,3-7H2,1-2H3. The van der Waals surface area contributed by atoms with E-state index in [1.165, 1.54) is 11.0 Å². The van der Waals surface area contributed by atoms with Crippen molar-refractivity contribution in [3.05, 3.63) is 32.7 Å². The molecule has 1 aliphatic rings. The van der Waals surface area contributed by atoms with Crippen molar-refractivity contribution in [3.63, 3.8) is 0 Å². The molecule has 0 aromatic carbocycles. The Labute approximate surface area is 127 Å². The Hall–Kier alpha value is -1.10. The van der Waals surface area contributed by atoms with Crippen LogP contribution in [0.1, 0.15) is 50.6 Å². The summed E-state index contributed by atoms with van der Waals surface area (Å²) in [7, 11) is 0. The van der Waals surface area contributed by atoms with Gasteiger partial charge in [0.25, 0.3) is 5.56 Å². The fourth-order valence-electron chi connectivity index (χ4n) is 2.55. The highest BCUT2D eigenvalue weighted by Crippen LogP contribution is 2.22. The van der Waals surface area contributed by atoms with E-state index in [0.29, 0.717) is 4.47 Å². The van der Waals surface area contributed by atoms with Gasteiger partial charge in [0, 0.05) is 6.20 Å². The Morgan fingerprint density at radius 3 is 2.70 bits per heavy atom. The summed E-state index contributed by atoms with van der Waals surface area (Å²) in [6, 6.07) is 1.15. The molecule has 5 heteroatoms. The molecule has 1 saturated carbocycles. The lowest BCUT2D eigenvalue weighted by molar-refractivity contribution is -0.154. The van der Waals surface area contributed by atoms with Crippen LogP contribution >= 0.6 is 15.9 Å². The molecule has 1 unspecified atom stereocenters. The van der Waals surface area contributed by atoms with Crippen LogP contribution in [0.3, 0.4) is 0 Å². The van der Waals surface area contributed by atoms with Crippen LogP contribution in [-0.2, 0) is 9.53 Å². The second-order valence-corrected chi connectivity index (χ2v) is 6.31. The molecule has 1 atom stereocenters. The van der Waals surface area contributed by atoms with Crippen molar-refractivity contribution < 1.29 is 9.53 Å². The number of aryl methyl sites for hydroxylation is 1. The highest BCUT2D eigenvalue weighted by Gasteiger charge is 2.23. The maximum atomic E-state index is 12.2. The molecule has 0 aliphatic heterocycles. The normalized spacial score (nSPS) is 17.8. The number of esters is 1. The van der Waals surface area contributed by atoms with Crippen LogP contribution in [0.5, 0.6) is 0 Å². The first-order valence-corrected chi connectivity index (χ1v) is 7.87. The highest BCUT2D eigenvalue weighted by molar-refractivity contribution is 9.10. The van der Waals surface area contributed by atoms with Gasteiger partial charge in [-0.05, 0) is 67.1 Å². The van der Waals surface area contributed by atoms with Gasteiger partial charge in [-0.25, -0.2) is 4.79 Å². The molecular formula is C15H20BrNO3. The molecule has 1 fully saturated rings. The topological polar surface area (TPSA) is 48.3 Å². The van der Waals surface area contributed by atoms with E-state index in [4.69, 9.17) is 4.74 Å². The third-order valence-corrected chi connectivity index (χ3v) is 4.30. The largest absolute Gasteiger partial charge is 0.461 e. The van der Waals surface area contributed by atoms with E-state index < -0.39 is 6.04 Å². The SMILES string of the molecule is Cc1cc(Br)c(=O)n(C(C)C(=O)OC2CCCCC2)c1. The monoisotopic (exact) mass is 341 g/mol. The van der Waals surface area contributed by atoms with Crippen LogP contribution < -0.4 is 5.56 Å². The molecule has 1 aromatic rings. The molecule has 0 spiro atoms. The summed E-state index contributed by atoms with van der Waals surface area (Å²) in [6.45, 7) is 3.60. The fraction of sp³-hybridized carbons (Fsp3) is 0.600. The van der Waals surface area contributed by atoms with Gasteiger partial charge in [0.15, 0.2) is 0 Å². The Kier molecular flexibility index (Phi) is 5.02. The summed E-state index contributed by atoms with van der Waals surface area (Å²) in [5.74, 6) is -0.323. The number of hydrogen-bond donors (Lipinski definition) is 0. The molecule has 0 radical (unpaired) electrons. The number of halogens is 1. The number of hydrogen-bond acceptors (Lipinski definition) is 3. The van der Waals surface area contributed by atoms with E-state index in [9.17, 15) is 9.59 Å². The second-order valence-electron chi connectivity index (χ2n) is 5.45. The number of aromatic nitrogens is 1. The molecular weight excluding hydrogens is 322 g/mol. The summed E-state index contributed by atoms with van der Waals surface area (Å²) < 4.78 is 7.43. The third-order valence-electron chi connectivity index (χ3n) is 3.73. The summed E-state index contributed by atoms with van der Waals surface area (Å²) >= 11 is 3.23. The number of rotatable bonds is 3. The third kappa shape index (κ3) is 3.51. The van der Waals surface area contributed by atoms with Gasteiger partial charge in [0.2, 0.25) is 0 Å². The van der Waals surface area contributed by atoms with Gasteiger partial charge in [-0.2, -0.15) is 0 Å². The number of carbonyl (C=O) groups excluding carboxylic acids is 1. The first-order valence-electron chi connectivity index (χ1n) is 7.08. The zero-order valence-corrected chi connectivity index (χ0v) is 13.5. The van der Waals surface area contributed by atoms with Gasteiger partial charge in [-0.3, -0.25) is 4.79 Å². The van der Waals surface area contributed by atoms with Crippen LogP contribution in [0, 0.1) is 6.92 Å². The van der Waals surface area contributed by atoms with E-state index in [0.717, 1.165) is 31.2 Å². The van der Waals surface area contributed by atoms with Gasteiger partial charge in [-0.15, -0.1) is 0 Å². The number of carbonyl (C=O) groups is 1. The lowest BCUT2D eigenvalue weighted by Gasteiger charge is -2.24. The lowest BCUT2D eigenvalue weighted by atomic mass is 9.98. The highest BCUT2D eigenvalue weighted by atomic mass is 79.9. The van der Waals surface area contributed by atoms with Crippen LogP contribution in [0.15, 0.2) is 21.5 Å². The summed E-state index contributed by atoms with van der Waals surface area (Å²) in [6.07, 6.45) is 7.02. The smallest absolute Gasteiger partial charge is 0.329 e. The molecule has 110 valence electrons. The minimum atomic E-state index is -0.597. The molecule has 1 heterocycles. The molecule has 0 N–H and O–H groups in total. The van der Waals surface area contributed by atoms with E-state index >= 15 is 0 Å². The lowest BCUT2D eigenvalue weighted by Crippen LogP contribution is -2.32. The maximum Gasteiger partial charge on any atom is 0.329 e. The first kappa shape index (κ1) is 15.3. The van der Waals surface area contributed by atoms with Crippen LogP contribution in [-0.4, -0.2) is 16.6 Å². The van der Waals surface area contributed by atoms with Crippen molar-refractivity contribution >= 4 is 21.9 Å². The zero-order chi connectivity index (χ0) is 14.7. The van der Waals surface area contributed by atoms with Gasteiger partial charge in [-0.1, -0.05) is 6.42 Å². The first-order chi connectivity index (χ1) is 9.49. The van der Waals surface area contributed by atoms with E-state index in [-0.39, 0.29) is 17.6 Å². The van der Waals surface area contributed by atoms with E-state index in [1.54, 1.807) is 19.2 Å². The fourth-order valence-corrected chi connectivity index (χ4v) is 3.11. The molecule has 0 bridgehead atoms. The van der Waals surface area contributed by atoms with Gasteiger partial charge in [0.05, 0.1) is 4.47 Å². The Balaban J connectivity index is 2.12. The van der Waals surface area contributed by atoms with Crippen molar-refractivity contribution in [2.75, 3.05) is 0 Å². The van der Waals surface area contributed by atoms with Crippen molar-refractivity contribution in [2.45, 2.75) is 58.1 Å². The minimum absolute atomic E-state index is 0.0163. The molecule has 0 amide bonds. The van der Waals surface area contributed by atoms with Gasteiger partial charge >= 0.3 is 5.97 Å². The van der Waals surface area contributed by atoms with Crippen molar-refractivity contribution in [1.29, 1.82) is 0 Å². The molecule has 1 aromatic heterocycles. The van der Waals surface area contributed by atoms with Crippen molar-refractivity contribution in [2.24, 2.45) is 0 Å². The second kappa shape index (κ2) is 6.57. The average molecular weight is 342 g/mol. The average Bonchev–Trinajstić information content (AvgIpc) is 2.43. The van der Waals surface area contributed by atoms with Crippen LogP contribution in [0.2, 0.25) is 0 Å². The molecule has 4 nitrogen and oxygen atoms in total. The van der Waals surface area contributed by atoms with Crippen molar-refractivity contribution in [1.82, 2.24) is 4.57 Å². The van der Waals surface area contributed by atoms with E-state index in [1.807, 2.05) is 6.92 Å². The van der Waals surface area contributed by atoms with Crippen LogP contribution in [0.25, 0.3) is 0 Å².